The number of benzene rings is 3. The standard InChI is InChI=1S/C29H28Cl2N4O4/c1-36-26-13-25(22(30)12-23(26)31)35-29-19(14-32)15-34-24-9-18-11-28(27(37-2)10-17(18)8-21(24)29)39-6-3-4-20-16-38-7-5-33-20/h8-13,15,20,33H,3-7,16H2,1-2H3,(H,34,35). The molecule has 8 nitrogen and oxygen atoms in total. The summed E-state index contributed by atoms with van der Waals surface area (Å²) in [4.78, 5) is 4.54. The Hall–Kier alpha value is -3.48. The molecule has 1 fully saturated rings. The monoisotopic (exact) mass is 566 g/mol. The molecular formula is C29H28Cl2N4O4. The number of nitrogens with zero attached hydrogens (tertiary/aromatic N) is 2. The molecule has 4 aromatic rings. The van der Waals surface area contributed by atoms with E-state index in [9.17, 15) is 5.26 Å². The number of rotatable bonds is 9. The van der Waals surface area contributed by atoms with Gasteiger partial charge in [0.15, 0.2) is 11.5 Å². The van der Waals surface area contributed by atoms with Crippen molar-refractivity contribution in [3.05, 3.63) is 58.2 Å². The third kappa shape index (κ3) is 5.92. The van der Waals surface area contributed by atoms with Gasteiger partial charge >= 0.3 is 0 Å². The normalized spacial score (nSPS) is 15.2. The van der Waals surface area contributed by atoms with Crippen LogP contribution < -0.4 is 24.8 Å². The molecule has 5 rings (SSSR count). The van der Waals surface area contributed by atoms with Crippen LogP contribution in [0.25, 0.3) is 21.7 Å². The lowest BCUT2D eigenvalue weighted by atomic mass is 10.0. The smallest absolute Gasteiger partial charge is 0.161 e. The van der Waals surface area contributed by atoms with E-state index in [1.165, 1.54) is 7.11 Å². The number of nitriles is 1. The minimum atomic E-state index is 0.364. The van der Waals surface area contributed by atoms with Crippen molar-refractivity contribution in [2.45, 2.75) is 18.9 Å². The van der Waals surface area contributed by atoms with Crippen molar-refractivity contribution >= 4 is 56.3 Å². The molecule has 1 aromatic heterocycles. The molecule has 0 saturated carbocycles. The molecule has 39 heavy (non-hydrogen) atoms. The summed E-state index contributed by atoms with van der Waals surface area (Å²) in [6, 6.07) is 13.7. The van der Waals surface area contributed by atoms with Gasteiger partial charge in [-0.05, 0) is 53.9 Å². The Balaban J connectivity index is 1.46. The summed E-state index contributed by atoms with van der Waals surface area (Å²) in [6.45, 7) is 2.96. The highest BCUT2D eigenvalue weighted by Crippen LogP contribution is 2.40. The second-order valence-electron chi connectivity index (χ2n) is 9.19. The summed E-state index contributed by atoms with van der Waals surface area (Å²) >= 11 is 12.7. The van der Waals surface area contributed by atoms with Gasteiger partial charge in [0, 0.05) is 30.2 Å². The van der Waals surface area contributed by atoms with E-state index in [-0.39, 0.29) is 0 Å². The molecule has 3 aromatic carbocycles. The topological polar surface area (TPSA) is 97.7 Å². The lowest BCUT2D eigenvalue weighted by Gasteiger charge is -2.23. The van der Waals surface area contributed by atoms with Crippen LogP contribution in [0.3, 0.4) is 0 Å². The Morgan fingerprint density at radius 2 is 1.85 bits per heavy atom. The van der Waals surface area contributed by atoms with Gasteiger partial charge in [-0.1, -0.05) is 23.2 Å². The molecule has 202 valence electrons. The van der Waals surface area contributed by atoms with Crippen molar-refractivity contribution in [2.24, 2.45) is 0 Å². The Kier molecular flexibility index (Phi) is 8.44. The average molecular weight is 567 g/mol. The molecule has 0 amide bonds. The summed E-state index contributed by atoms with van der Waals surface area (Å²) in [5.74, 6) is 1.76. The van der Waals surface area contributed by atoms with Crippen LogP contribution in [0.2, 0.25) is 10.0 Å². The third-order valence-corrected chi connectivity index (χ3v) is 7.29. The maximum atomic E-state index is 9.83. The molecule has 2 N–H and O–H groups in total. The van der Waals surface area contributed by atoms with Gasteiger partial charge in [-0.3, -0.25) is 4.98 Å². The minimum Gasteiger partial charge on any atom is -0.495 e. The Morgan fingerprint density at radius 1 is 1.05 bits per heavy atom. The van der Waals surface area contributed by atoms with Crippen molar-refractivity contribution in [3.63, 3.8) is 0 Å². The van der Waals surface area contributed by atoms with Crippen LogP contribution in [-0.2, 0) is 4.74 Å². The molecular weight excluding hydrogens is 539 g/mol. The van der Waals surface area contributed by atoms with Gasteiger partial charge in [0.25, 0.3) is 0 Å². The average Bonchev–Trinajstić information content (AvgIpc) is 2.96. The van der Waals surface area contributed by atoms with E-state index in [2.05, 4.69) is 21.7 Å². The lowest BCUT2D eigenvalue weighted by Crippen LogP contribution is -2.41. The zero-order valence-corrected chi connectivity index (χ0v) is 23.2. The van der Waals surface area contributed by atoms with Gasteiger partial charge in [-0.15, -0.1) is 0 Å². The van der Waals surface area contributed by atoms with Gasteiger partial charge in [0.2, 0.25) is 0 Å². The molecule has 0 radical (unpaired) electrons. The Labute approximate surface area is 236 Å². The fraction of sp³-hybridized carbons (Fsp3) is 0.310. The molecule has 0 spiro atoms. The van der Waals surface area contributed by atoms with E-state index >= 15 is 0 Å². The van der Waals surface area contributed by atoms with Crippen molar-refractivity contribution in [2.75, 3.05) is 45.9 Å². The van der Waals surface area contributed by atoms with Crippen LogP contribution in [0.4, 0.5) is 11.4 Å². The van der Waals surface area contributed by atoms with Crippen molar-refractivity contribution in [3.8, 4) is 23.3 Å². The summed E-state index contributed by atoms with van der Waals surface area (Å²) in [6.07, 6.45) is 3.41. The fourth-order valence-corrected chi connectivity index (χ4v) is 5.18. The number of fused-ring (bicyclic) bond motifs is 2. The van der Waals surface area contributed by atoms with Crippen LogP contribution in [0.1, 0.15) is 18.4 Å². The van der Waals surface area contributed by atoms with E-state index in [0.717, 1.165) is 48.8 Å². The maximum absolute atomic E-state index is 9.83. The SMILES string of the molecule is COc1cc(Nc2c(C#N)cnc3cc4cc(OCCCC5COCCN5)c(OC)cc4cc23)c(Cl)cc1Cl. The summed E-state index contributed by atoms with van der Waals surface area (Å²) in [7, 11) is 3.15. The number of nitrogens with one attached hydrogen (secondary N) is 2. The van der Waals surface area contributed by atoms with E-state index in [1.807, 2.05) is 24.3 Å². The Morgan fingerprint density at radius 3 is 2.59 bits per heavy atom. The highest BCUT2D eigenvalue weighted by Gasteiger charge is 2.16. The number of pyridine rings is 1. The first kappa shape index (κ1) is 27.1. The molecule has 1 unspecified atom stereocenters. The number of morpholine rings is 1. The van der Waals surface area contributed by atoms with E-state index in [1.54, 1.807) is 25.4 Å². The highest BCUT2D eigenvalue weighted by molar-refractivity contribution is 6.37. The molecule has 1 saturated heterocycles. The molecule has 2 heterocycles. The third-order valence-electron chi connectivity index (χ3n) is 6.68. The van der Waals surface area contributed by atoms with Gasteiger partial charge in [-0.25, -0.2) is 0 Å². The van der Waals surface area contributed by atoms with E-state index < -0.39 is 0 Å². The van der Waals surface area contributed by atoms with Crippen molar-refractivity contribution in [1.82, 2.24) is 10.3 Å². The number of aromatic nitrogens is 1. The maximum Gasteiger partial charge on any atom is 0.161 e. The Bertz CT molecular complexity index is 1550. The second kappa shape index (κ2) is 12.1. The highest BCUT2D eigenvalue weighted by atomic mass is 35.5. The van der Waals surface area contributed by atoms with Gasteiger partial charge in [-0.2, -0.15) is 5.26 Å². The van der Waals surface area contributed by atoms with Gasteiger partial charge in [0.1, 0.15) is 11.8 Å². The predicted octanol–water partition coefficient (Wildman–Crippen LogP) is 6.47. The molecule has 0 bridgehead atoms. The molecule has 1 aliphatic heterocycles. The number of anilines is 2. The number of halogens is 2. The van der Waals surface area contributed by atoms with Crippen molar-refractivity contribution < 1.29 is 18.9 Å². The zero-order chi connectivity index (χ0) is 27.4. The first-order valence-electron chi connectivity index (χ1n) is 12.6. The largest absolute Gasteiger partial charge is 0.495 e. The quantitative estimate of drug-likeness (QED) is 0.175. The molecule has 1 aliphatic rings. The molecule has 10 heteroatoms. The van der Waals surface area contributed by atoms with Crippen LogP contribution in [-0.4, -0.2) is 51.6 Å². The van der Waals surface area contributed by atoms with Crippen LogP contribution in [0, 0.1) is 11.3 Å². The van der Waals surface area contributed by atoms with Crippen LogP contribution in [0.5, 0.6) is 17.2 Å². The first-order chi connectivity index (χ1) is 19.0. The molecule has 0 aliphatic carbocycles. The summed E-state index contributed by atoms with van der Waals surface area (Å²) in [5.41, 5.74) is 2.21. The van der Waals surface area contributed by atoms with Crippen molar-refractivity contribution in [1.29, 1.82) is 5.26 Å². The fourth-order valence-electron chi connectivity index (χ4n) is 4.67. The zero-order valence-electron chi connectivity index (χ0n) is 21.6. The minimum absolute atomic E-state index is 0.364. The molecule has 1 atom stereocenters. The summed E-state index contributed by atoms with van der Waals surface area (Å²) < 4.78 is 22.6. The first-order valence-corrected chi connectivity index (χ1v) is 13.3. The van der Waals surface area contributed by atoms with E-state index in [0.29, 0.717) is 62.4 Å². The number of hydrogen-bond donors (Lipinski definition) is 2. The second-order valence-corrected chi connectivity index (χ2v) is 10.0. The number of methoxy groups -OCH3 is 2. The van der Waals surface area contributed by atoms with Gasteiger partial charge in [0.05, 0.1) is 66.5 Å². The van der Waals surface area contributed by atoms with Gasteiger partial charge < -0.3 is 29.6 Å². The summed E-state index contributed by atoms with van der Waals surface area (Å²) in [5, 5.41) is 20.0. The number of ether oxygens (including phenoxy) is 4. The van der Waals surface area contributed by atoms with Crippen LogP contribution >= 0.6 is 23.2 Å². The van der Waals surface area contributed by atoms with Crippen LogP contribution in [0.15, 0.2) is 42.6 Å². The lowest BCUT2D eigenvalue weighted by molar-refractivity contribution is 0.0721. The predicted molar refractivity (Wildman–Crippen MR) is 154 cm³/mol. The number of hydrogen-bond acceptors (Lipinski definition) is 8. The van der Waals surface area contributed by atoms with E-state index in [4.69, 9.17) is 42.1 Å².